The summed E-state index contributed by atoms with van der Waals surface area (Å²) in [6, 6.07) is 10.1. The predicted molar refractivity (Wildman–Crippen MR) is 115 cm³/mol. The van der Waals surface area contributed by atoms with E-state index in [4.69, 9.17) is 14.2 Å². The first-order valence-corrected chi connectivity index (χ1v) is 10.4. The number of benzene rings is 2. The first-order chi connectivity index (χ1) is 16.3. The molecule has 1 fully saturated rings. The lowest BCUT2D eigenvalue weighted by atomic mass is 10.2. The van der Waals surface area contributed by atoms with E-state index in [0.717, 1.165) is 12.1 Å². The highest BCUT2D eigenvalue weighted by Gasteiger charge is 2.35. The molecule has 8 nitrogen and oxygen atoms in total. The molecule has 1 amide bonds. The van der Waals surface area contributed by atoms with Crippen molar-refractivity contribution in [1.82, 2.24) is 9.55 Å². The second-order valence-electron chi connectivity index (χ2n) is 7.39. The number of amides is 1. The Balaban J connectivity index is 1.36. The van der Waals surface area contributed by atoms with Gasteiger partial charge in [0.25, 0.3) is 5.91 Å². The summed E-state index contributed by atoms with van der Waals surface area (Å²) < 4.78 is 59.6. The number of ether oxygens (including phenoxy) is 4. The maximum atomic E-state index is 12.9. The van der Waals surface area contributed by atoms with Crippen molar-refractivity contribution in [3.05, 3.63) is 61.2 Å². The van der Waals surface area contributed by atoms with Gasteiger partial charge in [0.2, 0.25) is 0 Å². The Kier molecular flexibility index (Phi) is 6.80. The van der Waals surface area contributed by atoms with E-state index >= 15 is 0 Å². The van der Waals surface area contributed by atoms with Gasteiger partial charge >= 0.3 is 6.36 Å². The molecule has 0 saturated carbocycles. The molecule has 3 aromatic rings. The highest BCUT2D eigenvalue weighted by molar-refractivity contribution is 5.99. The van der Waals surface area contributed by atoms with Crippen LogP contribution in [-0.2, 0) is 11.3 Å². The zero-order valence-electron chi connectivity index (χ0n) is 18.2. The molecule has 2 aromatic carbocycles. The molecule has 1 aliphatic rings. The van der Waals surface area contributed by atoms with E-state index in [1.807, 2.05) is 10.8 Å². The summed E-state index contributed by atoms with van der Waals surface area (Å²) in [6.45, 7) is 1.46. The summed E-state index contributed by atoms with van der Waals surface area (Å²) in [4.78, 5) is 18.5. The van der Waals surface area contributed by atoms with Crippen LogP contribution < -0.4 is 23.8 Å². The molecule has 0 aliphatic carbocycles. The highest BCUT2D eigenvalue weighted by Crippen LogP contribution is 2.34. The number of hydrogen-bond donors (Lipinski definition) is 0. The average molecular weight is 477 g/mol. The summed E-state index contributed by atoms with van der Waals surface area (Å²) in [6.07, 6.45) is 0.123. The number of hydrogen-bond acceptors (Lipinski definition) is 6. The number of rotatable bonds is 9. The fourth-order valence-corrected chi connectivity index (χ4v) is 3.53. The van der Waals surface area contributed by atoms with Crippen LogP contribution in [0.15, 0.2) is 61.2 Å². The van der Waals surface area contributed by atoms with Crippen LogP contribution in [0.2, 0.25) is 0 Å². The first-order valence-electron chi connectivity index (χ1n) is 10.4. The molecule has 0 bridgehead atoms. The lowest BCUT2D eigenvalue weighted by molar-refractivity contribution is -0.274. The number of carbonyl (C=O) groups excluding carboxylic acids is 1. The molecule has 0 spiro atoms. The second kappa shape index (κ2) is 9.94. The van der Waals surface area contributed by atoms with Crippen molar-refractivity contribution >= 4 is 11.6 Å². The van der Waals surface area contributed by atoms with Crippen LogP contribution in [0.5, 0.6) is 23.0 Å². The number of imidazole rings is 1. The van der Waals surface area contributed by atoms with E-state index in [1.54, 1.807) is 35.6 Å². The number of nitrogens with zero attached hydrogens (tertiary/aromatic N) is 3. The normalized spacial score (nSPS) is 15.9. The van der Waals surface area contributed by atoms with Gasteiger partial charge in [-0.1, -0.05) is 0 Å². The SMILES string of the molecule is COc1cc(N2CCC(Oc3ccc(OC(F)(F)F)cc3)C2=O)ccc1OCCn1ccnc1. The molecule has 11 heteroatoms. The summed E-state index contributed by atoms with van der Waals surface area (Å²) in [5.74, 6) is 0.687. The van der Waals surface area contributed by atoms with Crippen LogP contribution in [0.1, 0.15) is 6.42 Å². The topological polar surface area (TPSA) is 75.1 Å². The van der Waals surface area contributed by atoms with Gasteiger partial charge in [0.1, 0.15) is 18.1 Å². The Bertz CT molecular complexity index is 1100. The monoisotopic (exact) mass is 477 g/mol. The molecule has 1 atom stereocenters. The van der Waals surface area contributed by atoms with E-state index < -0.39 is 12.5 Å². The van der Waals surface area contributed by atoms with Gasteiger partial charge in [-0.05, 0) is 36.4 Å². The van der Waals surface area contributed by atoms with Crippen LogP contribution in [0.4, 0.5) is 18.9 Å². The Morgan fingerprint density at radius 2 is 1.85 bits per heavy atom. The third-order valence-corrected chi connectivity index (χ3v) is 5.12. The molecule has 1 unspecified atom stereocenters. The van der Waals surface area contributed by atoms with E-state index in [-0.39, 0.29) is 17.4 Å². The molecular weight excluding hydrogens is 455 g/mol. The van der Waals surface area contributed by atoms with Crippen LogP contribution in [0, 0.1) is 0 Å². The summed E-state index contributed by atoms with van der Waals surface area (Å²) >= 11 is 0. The van der Waals surface area contributed by atoms with Crippen LogP contribution in [-0.4, -0.2) is 48.2 Å². The Morgan fingerprint density at radius 1 is 1.09 bits per heavy atom. The van der Waals surface area contributed by atoms with Gasteiger partial charge in [-0.15, -0.1) is 13.2 Å². The molecule has 1 saturated heterocycles. The molecule has 1 aromatic heterocycles. The summed E-state index contributed by atoms with van der Waals surface area (Å²) in [5.41, 5.74) is 0.629. The maximum absolute atomic E-state index is 12.9. The van der Waals surface area contributed by atoms with Gasteiger partial charge in [-0.3, -0.25) is 4.79 Å². The Hall–Kier alpha value is -3.89. The Morgan fingerprint density at radius 3 is 2.53 bits per heavy atom. The fraction of sp³-hybridized carbons (Fsp3) is 0.304. The maximum Gasteiger partial charge on any atom is 0.573 e. The molecule has 4 rings (SSSR count). The van der Waals surface area contributed by atoms with Crippen LogP contribution in [0.3, 0.4) is 0 Å². The van der Waals surface area contributed by atoms with Gasteiger partial charge in [-0.25, -0.2) is 4.98 Å². The zero-order valence-corrected chi connectivity index (χ0v) is 18.2. The van der Waals surface area contributed by atoms with Crippen LogP contribution in [0.25, 0.3) is 0 Å². The van der Waals surface area contributed by atoms with Gasteiger partial charge in [0.05, 0.1) is 20.0 Å². The number of methoxy groups -OCH3 is 1. The molecule has 2 heterocycles. The van der Waals surface area contributed by atoms with Gasteiger partial charge in [0.15, 0.2) is 17.6 Å². The molecule has 0 radical (unpaired) electrons. The number of aromatic nitrogens is 2. The number of alkyl halides is 3. The van der Waals surface area contributed by atoms with E-state index in [0.29, 0.717) is 43.3 Å². The van der Waals surface area contributed by atoms with Gasteiger partial charge < -0.3 is 28.4 Å². The second-order valence-corrected chi connectivity index (χ2v) is 7.39. The molecule has 180 valence electrons. The molecule has 0 N–H and O–H groups in total. The average Bonchev–Trinajstić information content (AvgIpc) is 3.44. The number of carbonyl (C=O) groups is 1. The van der Waals surface area contributed by atoms with Crippen molar-refractivity contribution in [2.75, 3.05) is 25.2 Å². The van der Waals surface area contributed by atoms with Crippen molar-refractivity contribution in [2.24, 2.45) is 0 Å². The smallest absolute Gasteiger partial charge is 0.493 e. The van der Waals surface area contributed by atoms with Gasteiger partial charge in [-0.2, -0.15) is 0 Å². The largest absolute Gasteiger partial charge is 0.573 e. The minimum absolute atomic E-state index is 0.258. The van der Waals surface area contributed by atoms with Crippen molar-refractivity contribution in [3.8, 4) is 23.0 Å². The molecular formula is C23H22F3N3O5. The zero-order chi connectivity index (χ0) is 24.1. The summed E-state index contributed by atoms with van der Waals surface area (Å²) in [5, 5.41) is 0. The standard InChI is InChI=1S/C23H22F3N3O5/c1-31-21-14-16(2-7-19(21)32-13-12-28-11-9-27-15-28)29-10-8-20(22(29)30)33-17-3-5-18(6-4-17)34-23(24,25)26/h2-7,9,11,14-15,20H,8,10,12-13H2,1H3. The lowest BCUT2D eigenvalue weighted by Crippen LogP contribution is -2.32. The van der Waals surface area contributed by atoms with Crippen molar-refractivity contribution in [2.45, 2.75) is 25.4 Å². The van der Waals surface area contributed by atoms with Gasteiger partial charge in [0, 0.05) is 37.1 Å². The van der Waals surface area contributed by atoms with E-state index in [9.17, 15) is 18.0 Å². The number of anilines is 1. The fourth-order valence-electron chi connectivity index (χ4n) is 3.53. The van der Waals surface area contributed by atoms with Crippen molar-refractivity contribution in [3.63, 3.8) is 0 Å². The highest BCUT2D eigenvalue weighted by atomic mass is 19.4. The van der Waals surface area contributed by atoms with E-state index in [2.05, 4.69) is 9.72 Å². The number of halogens is 3. The summed E-state index contributed by atoms with van der Waals surface area (Å²) in [7, 11) is 1.52. The minimum atomic E-state index is -4.77. The first kappa shape index (κ1) is 23.3. The predicted octanol–water partition coefficient (Wildman–Crippen LogP) is 4.05. The quantitative estimate of drug-likeness (QED) is 0.463. The third-order valence-electron chi connectivity index (χ3n) is 5.12. The Labute approximate surface area is 193 Å². The minimum Gasteiger partial charge on any atom is -0.493 e. The molecule has 1 aliphatic heterocycles. The third kappa shape index (κ3) is 5.72. The molecule has 34 heavy (non-hydrogen) atoms. The van der Waals surface area contributed by atoms with Crippen molar-refractivity contribution in [1.29, 1.82) is 0 Å². The van der Waals surface area contributed by atoms with E-state index in [1.165, 1.54) is 19.2 Å². The van der Waals surface area contributed by atoms with Crippen molar-refractivity contribution < 1.29 is 36.9 Å². The lowest BCUT2D eigenvalue weighted by Gasteiger charge is -2.19. The van der Waals surface area contributed by atoms with Crippen LogP contribution >= 0.6 is 0 Å².